The van der Waals surface area contributed by atoms with E-state index in [1.54, 1.807) is 42.7 Å². The molecule has 0 N–H and O–H groups in total. The minimum absolute atomic E-state index is 0.328. The Labute approximate surface area is 263 Å². The van der Waals surface area contributed by atoms with Crippen molar-refractivity contribution < 1.29 is 28.2 Å². The lowest BCUT2D eigenvalue weighted by atomic mass is 10.1. The number of hydrogen-bond acceptors (Lipinski definition) is 9. The summed E-state index contributed by atoms with van der Waals surface area (Å²) in [5.41, 5.74) is 1.53. The van der Waals surface area contributed by atoms with Crippen LogP contribution in [0.5, 0.6) is 5.88 Å². The predicted molar refractivity (Wildman–Crippen MR) is 168 cm³/mol. The number of ether oxygens (including phenoxy) is 3. The molecule has 10 heteroatoms. The molecule has 0 aliphatic rings. The number of furan rings is 1. The van der Waals surface area contributed by atoms with Gasteiger partial charge in [0.15, 0.2) is 5.65 Å². The van der Waals surface area contributed by atoms with E-state index < -0.39 is 24.3 Å². The van der Waals surface area contributed by atoms with Crippen LogP contribution >= 0.6 is 11.8 Å². The van der Waals surface area contributed by atoms with Gasteiger partial charge in [-0.3, -0.25) is 4.40 Å². The summed E-state index contributed by atoms with van der Waals surface area (Å²) < 4.78 is 24.5. The monoisotopic (exact) mass is 619 g/mol. The van der Waals surface area contributed by atoms with Crippen LogP contribution < -0.4 is 4.74 Å². The number of esters is 2. The van der Waals surface area contributed by atoms with Gasteiger partial charge in [-0.25, -0.2) is 19.6 Å². The maximum atomic E-state index is 13.0. The summed E-state index contributed by atoms with van der Waals surface area (Å²) in [6, 6.07) is 31.8. The average Bonchev–Trinajstić information content (AvgIpc) is 3.70. The fourth-order valence-corrected chi connectivity index (χ4v) is 5.42. The van der Waals surface area contributed by atoms with Gasteiger partial charge in [0, 0.05) is 16.7 Å². The molecule has 0 unspecified atom stereocenters. The quantitative estimate of drug-likeness (QED) is 0.110. The zero-order valence-corrected chi connectivity index (χ0v) is 25.4. The van der Waals surface area contributed by atoms with Crippen LogP contribution in [0.25, 0.3) is 16.9 Å². The van der Waals surface area contributed by atoms with E-state index in [4.69, 9.17) is 28.6 Å². The molecule has 45 heavy (non-hydrogen) atoms. The second-order valence-electron chi connectivity index (χ2n) is 10.5. The molecular formula is C35H29N3O6S. The Bertz CT molecular complexity index is 1910. The van der Waals surface area contributed by atoms with Gasteiger partial charge in [0.25, 0.3) is 0 Å². The van der Waals surface area contributed by atoms with Crippen molar-refractivity contribution in [3.8, 4) is 17.1 Å². The molecular weight excluding hydrogens is 590 g/mol. The van der Waals surface area contributed by atoms with Crippen molar-refractivity contribution in [3.05, 3.63) is 133 Å². The highest BCUT2D eigenvalue weighted by Crippen LogP contribution is 2.35. The second kappa shape index (κ2) is 13.1. The zero-order chi connectivity index (χ0) is 31.2. The van der Waals surface area contributed by atoms with Crippen molar-refractivity contribution in [2.75, 3.05) is 6.79 Å². The molecule has 0 atom stereocenters. The summed E-state index contributed by atoms with van der Waals surface area (Å²) in [5, 5.41) is 0.670. The molecule has 0 saturated heterocycles. The number of benzene rings is 3. The van der Waals surface area contributed by atoms with Crippen molar-refractivity contribution in [1.82, 2.24) is 14.4 Å². The van der Waals surface area contributed by atoms with Crippen LogP contribution in [-0.4, -0.2) is 38.7 Å². The van der Waals surface area contributed by atoms with Gasteiger partial charge in [0.2, 0.25) is 18.3 Å². The highest BCUT2D eigenvalue weighted by molar-refractivity contribution is 7.99. The Balaban J connectivity index is 1.31. The van der Waals surface area contributed by atoms with E-state index in [0.29, 0.717) is 45.7 Å². The third-order valence-corrected chi connectivity index (χ3v) is 7.76. The summed E-state index contributed by atoms with van der Waals surface area (Å²) in [6.07, 6.45) is 3.77. The first-order valence-corrected chi connectivity index (χ1v) is 15.0. The number of rotatable bonds is 11. The minimum Gasteiger partial charge on any atom is -0.469 e. The summed E-state index contributed by atoms with van der Waals surface area (Å²) in [4.78, 5) is 36.5. The summed E-state index contributed by atoms with van der Waals surface area (Å²) in [6.45, 7) is 2.49. The molecule has 6 rings (SSSR count). The van der Waals surface area contributed by atoms with E-state index >= 15 is 0 Å². The molecule has 0 amide bonds. The highest BCUT2D eigenvalue weighted by Gasteiger charge is 2.34. The number of hydrogen-bond donors (Lipinski definition) is 0. The number of imidazole rings is 1. The SMILES string of the molecule is CC(C)(OC(=O)c1ccccc1)C(=O)OCOc1c(Cc2ccco2)nc2c(Sc3ccccc3)nc(-c3ccccc3)cn12. The van der Waals surface area contributed by atoms with E-state index in [9.17, 15) is 9.59 Å². The van der Waals surface area contributed by atoms with Crippen LogP contribution in [0.4, 0.5) is 0 Å². The minimum atomic E-state index is -1.56. The van der Waals surface area contributed by atoms with Gasteiger partial charge < -0.3 is 18.6 Å². The number of carbonyl (C=O) groups excluding carboxylic acids is 2. The van der Waals surface area contributed by atoms with Crippen molar-refractivity contribution in [1.29, 1.82) is 0 Å². The molecule has 3 aromatic heterocycles. The Hall–Kier alpha value is -5.35. The first kappa shape index (κ1) is 29.7. The van der Waals surface area contributed by atoms with Crippen LogP contribution in [0.2, 0.25) is 0 Å². The zero-order valence-electron chi connectivity index (χ0n) is 24.6. The predicted octanol–water partition coefficient (Wildman–Crippen LogP) is 7.25. The molecule has 0 aliphatic heterocycles. The fraction of sp³-hybridized carbons (Fsp3) is 0.143. The number of nitrogens with zero attached hydrogens (tertiary/aromatic N) is 3. The molecule has 3 heterocycles. The molecule has 0 fully saturated rings. The summed E-state index contributed by atoms with van der Waals surface area (Å²) in [5.74, 6) is -0.351. The van der Waals surface area contributed by atoms with Gasteiger partial charge in [0.1, 0.15) is 16.5 Å². The summed E-state index contributed by atoms with van der Waals surface area (Å²) in [7, 11) is 0. The van der Waals surface area contributed by atoms with Crippen LogP contribution in [0.1, 0.15) is 35.7 Å². The Morgan fingerprint density at radius 1 is 0.867 bits per heavy atom. The summed E-state index contributed by atoms with van der Waals surface area (Å²) >= 11 is 1.48. The lowest BCUT2D eigenvalue weighted by Gasteiger charge is -2.23. The maximum Gasteiger partial charge on any atom is 0.352 e. The van der Waals surface area contributed by atoms with Crippen molar-refractivity contribution in [3.63, 3.8) is 0 Å². The normalized spacial score (nSPS) is 11.3. The molecule has 0 spiro atoms. The van der Waals surface area contributed by atoms with E-state index in [0.717, 1.165) is 10.5 Å². The number of carbonyl (C=O) groups is 2. The van der Waals surface area contributed by atoms with Crippen LogP contribution in [0, 0.1) is 0 Å². The average molecular weight is 620 g/mol. The van der Waals surface area contributed by atoms with Gasteiger partial charge in [-0.05, 0) is 50.2 Å². The van der Waals surface area contributed by atoms with E-state index in [1.807, 2.05) is 77.3 Å². The van der Waals surface area contributed by atoms with Crippen LogP contribution in [-0.2, 0) is 20.7 Å². The first-order valence-electron chi connectivity index (χ1n) is 14.2. The molecule has 0 saturated carbocycles. The molecule has 0 bridgehead atoms. The molecule has 6 aromatic rings. The Morgan fingerprint density at radius 2 is 1.56 bits per heavy atom. The van der Waals surface area contributed by atoms with Crippen LogP contribution in [0.15, 0.2) is 130 Å². The smallest absolute Gasteiger partial charge is 0.352 e. The number of aromatic nitrogens is 3. The Morgan fingerprint density at radius 3 is 2.24 bits per heavy atom. The molecule has 9 nitrogen and oxygen atoms in total. The maximum absolute atomic E-state index is 13.0. The van der Waals surface area contributed by atoms with Gasteiger partial charge >= 0.3 is 11.9 Å². The van der Waals surface area contributed by atoms with Gasteiger partial charge in [-0.2, -0.15) is 0 Å². The third kappa shape index (κ3) is 6.91. The van der Waals surface area contributed by atoms with Crippen LogP contribution in [0.3, 0.4) is 0 Å². The molecule has 3 aromatic carbocycles. The van der Waals surface area contributed by atoms with Gasteiger partial charge in [0.05, 0.1) is 23.9 Å². The van der Waals surface area contributed by atoms with E-state index in [2.05, 4.69) is 0 Å². The topological polar surface area (TPSA) is 105 Å². The molecule has 0 radical (unpaired) electrons. The standard InChI is InChI=1S/C35H29N3O6S/c1-35(2,44-33(39)25-15-8-4-9-16-25)34(40)43-23-42-32-28(21-26-17-12-20-41-26)36-30-31(45-27-18-10-5-11-19-27)37-29(22-38(30)32)24-13-6-3-7-14-24/h3-20,22H,21,23H2,1-2H3. The second-order valence-corrected chi connectivity index (χ2v) is 11.5. The van der Waals surface area contributed by atoms with Gasteiger partial charge in [-0.15, -0.1) is 0 Å². The first-order chi connectivity index (χ1) is 21.9. The Kier molecular flexibility index (Phi) is 8.65. The van der Waals surface area contributed by atoms with E-state index in [-0.39, 0.29) is 0 Å². The van der Waals surface area contributed by atoms with Gasteiger partial charge in [-0.1, -0.05) is 78.5 Å². The number of fused-ring (bicyclic) bond motifs is 1. The molecule has 0 aliphatic carbocycles. The largest absolute Gasteiger partial charge is 0.469 e. The lowest BCUT2D eigenvalue weighted by molar-refractivity contribution is -0.169. The van der Waals surface area contributed by atoms with Crippen molar-refractivity contribution in [2.24, 2.45) is 0 Å². The lowest BCUT2D eigenvalue weighted by Crippen LogP contribution is -2.39. The highest BCUT2D eigenvalue weighted by atomic mass is 32.2. The molecule has 226 valence electrons. The van der Waals surface area contributed by atoms with Crippen molar-refractivity contribution in [2.45, 2.75) is 35.8 Å². The van der Waals surface area contributed by atoms with Crippen molar-refractivity contribution >= 4 is 29.3 Å². The third-order valence-electron chi connectivity index (χ3n) is 6.78. The fourth-order valence-electron chi connectivity index (χ4n) is 4.53. The van der Waals surface area contributed by atoms with E-state index in [1.165, 1.54) is 25.6 Å².